The number of pyridine rings is 1. The van der Waals surface area contributed by atoms with Crippen LogP contribution in [0.15, 0.2) is 47.3 Å². The third-order valence-corrected chi connectivity index (χ3v) is 4.76. The van der Waals surface area contributed by atoms with Crippen molar-refractivity contribution < 1.29 is 9.13 Å². The van der Waals surface area contributed by atoms with Crippen molar-refractivity contribution in [2.24, 2.45) is 0 Å². The normalized spacial score (nSPS) is 12.0. The molecule has 1 aliphatic carbocycles. The number of aromatic nitrogens is 1. The fourth-order valence-electron chi connectivity index (χ4n) is 3.56. The molecule has 0 saturated carbocycles. The highest BCUT2D eigenvalue weighted by Gasteiger charge is 2.25. The van der Waals surface area contributed by atoms with Gasteiger partial charge in [-0.05, 0) is 53.8 Å². The Balaban J connectivity index is 2.08. The first-order chi connectivity index (χ1) is 12.6. The molecule has 0 saturated heterocycles. The second kappa shape index (κ2) is 6.16. The molecule has 0 amide bonds. The summed E-state index contributed by atoms with van der Waals surface area (Å²) in [6.45, 7) is 0. The minimum Gasteiger partial charge on any atom is -0.497 e. The number of aromatic amines is 1. The highest BCUT2D eigenvalue weighted by atomic mass is 19.1. The van der Waals surface area contributed by atoms with Crippen LogP contribution in [0.1, 0.15) is 16.8 Å². The van der Waals surface area contributed by atoms with Gasteiger partial charge in [0.05, 0.1) is 7.11 Å². The first-order valence-corrected chi connectivity index (χ1v) is 8.25. The number of ether oxygens (including phenoxy) is 1. The van der Waals surface area contributed by atoms with E-state index < -0.39 is 5.56 Å². The van der Waals surface area contributed by atoms with Crippen LogP contribution in [-0.4, -0.2) is 12.1 Å². The average molecular weight is 346 g/mol. The Kier molecular flexibility index (Phi) is 3.81. The molecule has 0 bridgehead atoms. The van der Waals surface area contributed by atoms with Crippen molar-refractivity contribution in [3.05, 3.63) is 75.5 Å². The number of hydrogen-bond donors (Lipinski definition) is 1. The van der Waals surface area contributed by atoms with Gasteiger partial charge in [-0.25, -0.2) is 4.39 Å². The van der Waals surface area contributed by atoms with E-state index in [1.54, 1.807) is 19.2 Å². The molecule has 4 rings (SSSR count). The molecule has 0 fully saturated rings. The Bertz CT molecular complexity index is 1110. The number of aryl methyl sites for hydroxylation is 2. The Hall–Kier alpha value is -3.39. The molecule has 128 valence electrons. The molecule has 1 aromatic heterocycles. The minimum absolute atomic E-state index is 0.0408. The van der Waals surface area contributed by atoms with Gasteiger partial charge in [0, 0.05) is 16.8 Å². The molecule has 26 heavy (non-hydrogen) atoms. The summed E-state index contributed by atoms with van der Waals surface area (Å²) in [4.78, 5) is 15.3. The summed E-state index contributed by atoms with van der Waals surface area (Å²) in [7, 11) is 1.62. The van der Waals surface area contributed by atoms with Gasteiger partial charge in [-0.3, -0.25) is 4.79 Å². The molecular formula is C21H15FN2O2. The number of nitriles is 1. The lowest BCUT2D eigenvalue weighted by Gasteiger charge is -2.23. The van der Waals surface area contributed by atoms with E-state index in [1.165, 1.54) is 12.1 Å². The van der Waals surface area contributed by atoms with Crippen molar-refractivity contribution in [2.75, 3.05) is 7.11 Å². The Morgan fingerprint density at radius 1 is 1.12 bits per heavy atom. The summed E-state index contributed by atoms with van der Waals surface area (Å²) in [6.07, 6.45) is 1.43. The monoisotopic (exact) mass is 346 g/mol. The first kappa shape index (κ1) is 16.1. The van der Waals surface area contributed by atoms with E-state index >= 15 is 0 Å². The van der Waals surface area contributed by atoms with Crippen LogP contribution < -0.4 is 10.3 Å². The quantitative estimate of drug-likeness (QED) is 0.767. The smallest absolute Gasteiger partial charge is 0.266 e. The van der Waals surface area contributed by atoms with Gasteiger partial charge in [0.2, 0.25) is 0 Å². The van der Waals surface area contributed by atoms with Gasteiger partial charge in [0.25, 0.3) is 5.56 Å². The molecule has 0 radical (unpaired) electrons. The molecule has 0 atom stereocenters. The number of methoxy groups -OCH3 is 1. The lowest BCUT2D eigenvalue weighted by atomic mass is 9.82. The zero-order valence-electron chi connectivity index (χ0n) is 14.1. The number of H-pyrrole nitrogens is 1. The van der Waals surface area contributed by atoms with Crippen LogP contribution in [0.25, 0.3) is 22.3 Å². The van der Waals surface area contributed by atoms with Crippen molar-refractivity contribution in [3.8, 4) is 34.1 Å². The lowest BCUT2D eigenvalue weighted by Crippen LogP contribution is -2.19. The average Bonchev–Trinajstić information content (AvgIpc) is 2.67. The van der Waals surface area contributed by atoms with Crippen molar-refractivity contribution in [1.29, 1.82) is 5.26 Å². The van der Waals surface area contributed by atoms with Gasteiger partial charge < -0.3 is 9.72 Å². The third-order valence-electron chi connectivity index (χ3n) is 4.76. The van der Waals surface area contributed by atoms with Crippen LogP contribution in [-0.2, 0) is 12.8 Å². The summed E-state index contributed by atoms with van der Waals surface area (Å²) in [5.41, 5.74) is 4.51. The van der Waals surface area contributed by atoms with Crippen LogP contribution in [0.4, 0.5) is 4.39 Å². The van der Waals surface area contributed by atoms with Crippen LogP contribution in [0.2, 0.25) is 0 Å². The maximum absolute atomic E-state index is 13.4. The summed E-state index contributed by atoms with van der Waals surface area (Å²) in [6, 6.07) is 13.7. The van der Waals surface area contributed by atoms with Crippen molar-refractivity contribution >= 4 is 0 Å². The molecule has 5 heteroatoms. The number of fused-ring (bicyclic) bond motifs is 3. The van der Waals surface area contributed by atoms with Crippen molar-refractivity contribution in [1.82, 2.24) is 4.98 Å². The predicted octanol–water partition coefficient (Wildman–Crippen LogP) is 3.83. The zero-order valence-corrected chi connectivity index (χ0v) is 14.1. The maximum Gasteiger partial charge on any atom is 0.266 e. The fourth-order valence-corrected chi connectivity index (χ4v) is 3.56. The number of rotatable bonds is 2. The molecule has 2 aromatic carbocycles. The molecule has 0 aliphatic heterocycles. The molecule has 4 nitrogen and oxygen atoms in total. The van der Waals surface area contributed by atoms with Gasteiger partial charge >= 0.3 is 0 Å². The minimum atomic E-state index is -0.414. The van der Waals surface area contributed by atoms with E-state index in [2.05, 4.69) is 4.98 Å². The molecule has 1 aliphatic rings. The SMILES string of the molecule is COc1ccc2c(c1)CCc1[nH]c(=O)c(C#N)c(-c3ccc(F)cc3)c1-2. The number of benzene rings is 2. The third kappa shape index (κ3) is 2.47. The van der Waals surface area contributed by atoms with E-state index in [0.717, 1.165) is 34.6 Å². The van der Waals surface area contributed by atoms with Gasteiger partial charge in [0.15, 0.2) is 0 Å². The summed E-state index contributed by atoms with van der Waals surface area (Å²) >= 11 is 0. The maximum atomic E-state index is 13.4. The summed E-state index contributed by atoms with van der Waals surface area (Å²) in [5, 5.41) is 9.58. The highest BCUT2D eigenvalue weighted by Crippen LogP contribution is 2.41. The molecule has 1 N–H and O–H groups in total. The van der Waals surface area contributed by atoms with E-state index in [9.17, 15) is 14.4 Å². The van der Waals surface area contributed by atoms with Gasteiger partial charge in [-0.15, -0.1) is 0 Å². The molecule has 3 aromatic rings. The van der Waals surface area contributed by atoms with Gasteiger partial charge in [-0.2, -0.15) is 5.26 Å². The van der Waals surface area contributed by atoms with E-state index in [0.29, 0.717) is 17.5 Å². The Labute approximate surface area is 149 Å². The number of hydrogen-bond acceptors (Lipinski definition) is 3. The largest absolute Gasteiger partial charge is 0.497 e. The van der Waals surface area contributed by atoms with Crippen LogP contribution in [0, 0.1) is 17.1 Å². The van der Waals surface area contributed by atoms with Crippen LogP contribution in [0.3, 0.4) is 0 Å². The fraction of sp³-hybridized carbons (Fsp3) is 0.143. The number of halogens is 1. The Morgan fingerprint density at radius 2 is 1.88 bits per heavy atom. The molecule has 0 unspecified atom stereocenters. The molecule has 1 heterocycles. The highest BCUT2D eigenvalue weighted by molar-refractivity contribution is 5.90. The van der Waals surface area contributed by atoms with Crippen LogP contribution in [0.5, 0.6) is 5.75 Å². The van der Waals surface area contributed by atoms with Gasteiger partial charge in [-0.1, -0.05) is 18.2 Å². The second-order valence-electron chi connectivity index (χ2n) is 6.20. The predicted molar refractivity (Wildman–Crippen MR) is 96.6 cm³/mol. The van der Waals surface area contributed by atoms with Crippen molar-refractivity contribution in [2.45, 2.75) is 12.8 Å². The lowest BCUT2D eigenvalue weighted by molar-refractivity contribution is 0.414. The first-order valence-electron chi connectivity index (χ1n) is 8.25. The topological polar surface area (TPSA) is 65.9 Å². The molecule has 0 spiro atoms. The number of nitrogens with one attached hydrogen (secondary N) is 1. The van der Waals surface area contributed by atoms with Crippen LogP contribution >= 0.6 is 0 Å². The molecular weight excluding hydrogens is 331 g/mol. The second-order valence-corrected chi connectivity index (χ2v) is 6.20. The summed E-state index contributed by atoms with van der Waals surface area (Å²) < 4.78 is 18.7. The zero-order chi connectivity index (χ0) is 18.3. The van der Waals surface area contributed by atoms with E-state index in [4.69, 9.17) is 4.74 Å². The Morgan fingerprint density at radius 3 is 2.58 bits per heavy atom. The van der Waals surface area contributed by atoms with E-state index in [1.807, 2.05) is 24.3 Å². The van der Waals surface area contributed by atoms with E-state index in [-0.39, 0.29) is 11.4 Å². The summed E-state index contributed by atoms with van der Waals surface area (Å²) in [5.74, 6) is 0.400. The van der Waals surface area contributed by atoms with Crippen molar-refractivity contribution in [3.63, 3.8) is 0 Å². The number of nitrogens with zero attached hydrogens (tertiary/aromatic N) is 1. The standard InChI is InChI=1S/C21H15FN2O2/c1-26-15-7-8-16-13(10-15)4-9-18-20(16)19(17(11-23)21(25)24-18)12-2-5-14(22)6-3-12/h2-3,5-8,10H,4,9H2,1H3,(H,24,25). The van der Waals surface area contributed by atoms with Gasteiger partial charge in [0.1, 0.15) is 23.2 Å².